The van der Waals surface area contributed by atoms with E-state index in [9.17, 15) is 0 Å². The molecule has 0 bridgehead atoms. The average molecular weight is 283 g/mol. The van der Waals surface area contributed by atoms with E-state index in [1.807, 2.05) is 4.68 Å². The van der Waals surface area contributed by atoms with Gasteiger partial charge < -0.3 is 19.9 Å². The van der Waals surface area contributed by atoms with E-state index in [0.29, 0.717) is 13.2 Å². The van der Waals surface area contributed by atoms with Gasteiger partial charge in [0.15, 0.2) is 5.75 Å². The molecule has 0 amide bonds. The van der Waals surface area contributed by atoms with Gasteiger partial charge in [0.05, 0.1) is 24.9 Å². The first kappa shape index (κ1) is 15.3. The molecule has 1 aliphatic rings. The van der Waals surface area contributed by atoms with E-state index in [1.54, 1.807) is 20.4 Å². The normalized spacial score (nSPS) is 19.8. The van der Waals surface area contributed by atoms with Gasteiger partial charge in [-0.2, -0.15) is 5.10 Å². The number of hydrogen-bond acceptors (Lipinski definition) is 5. The summed E-state index contributed by atoms with van der Waals surface area (Å²) in [7, 11) is 3.37. The van der Waals surface area contributed by atoms with Gasteiger partial charge in [-0.15, -0.1) is 0 Å². The van der Waals surface area contributed by atoms with Gasteiger partial charge in [0.2, 0.25) is 0 Å². The number of methoxy groups -OCH3 is 2. The third-order valence-corrected chi connectivity index (χ3v) is 4.11. The monoisotopic (exact) mass is 283 g/mol. The van der Waals surface area contributed by atoms with Crippen molar-refractivity contribution in [2.75, 3.05) is 27.4 Å². The van der Waals surface area contributed by atoms with E-state index >= 15 is 0 Å². The highest BCUT2D eigenvalue weighted by Crippen LogP contribution is 2.39. The molecular weight excluding hydrogens is 258 g/mol. The fourth-order valence-corrected chi connectivity index (χ4v) is 2.85. The largest absolute Gasteiger partial charge is 0.493 e. The highest BCUT2D eigenvalue weighted by molar-refractivity contribution is 5.30. The van der Waals surface area contributed by atoms with Crippen LogP contribution in [0.2, 0.25) is 0 Å². The number of aryl methyl sites for hydroxylation is 1. The van der Waals surface area contributed by atoms with Crippen LogP contribution in [-0.4, -0.2) is 42.8 Å². The molecule has 0 spiro atoms. The van der Waals surface area contributed by atoms with Crippen molar-refractivity contribution in [2.24, 2.45) is 5.73 Å². The van der Waals surface area contributed by atoms with Crippen LogP contribution in [0.3, 0.4) is 0 Å². The molecule has 1 aromatic rings. The maximum Gasteiger partial charge on any atom is 0.161 e. The van der Waals surface area contributed by atoms with Gasteiger partial charge in [-0.25, -0.2) is 0 Å². The van der Waals surface area contributed by atoms with Gasteiger partial charge in [-0.3, -0.25) is 4.68 Å². The summed E-state index contributed by atoms with van der Waals surface area (Å²) in [5.74, 6) is 0.730. The molecule has 2 heterocycles. The first-order chi connectivity index (χ1) is 9.68. The summed E-state index contributed by atoms with van der Waals surface area (Å²) in [4.78, 5) is 0. The third kappa shape index (κ3) is 2.68. The summed E-state index contributed by atoms with van der Waals surface area (Å²) in [6, 6.07) is -0.277. The first-order valence-electron chi connectivity index (χ1n) is 7.16. The Kier molecular flexibility index (Phi) is 5.01. The number of rotatable bonds is 6. The van der Waals surface area contributed by atoms with E-state index in [2.05, 4.69) is 12.0 Å². The minimum absolute atomic E-state index is 0.277. The molecule has 2 rings (SSSR count). The summed E-state index contributed by atoms with van der Waals surface area (Å²) in [6.45, 7) is 4.28. The molecule has 6 heteroatoms. The lowest BCUT2D eigenvalue weighted by molar-refractivity contribution is -0.106. The molecule has 114 valence electrons. The van der Waals surface area contributed by atoms with Crippen LogP contribution in [0.5, 0.6) is 5.75 Å². The Morgan fingerprint density at radius 3 is 2.70 bits per heavy atom. The number of nitrogens with zero attached hydrogens (tertiary/aromatic N) is 2. The summed E-state index contributed by atoms with van der Waals surface area (Å²) < 4.78 is 18.6. The molecule has 20 heavy (non-hydrogen) atoms. The second-order valence-corrected chi connectivity index (χ2v) is 5.18. The highest BCUT2D eigenvalue weighted by atomic mass is 16.5. The highest BCUT2D eigenvalue weighted by Gasteiger charge is 2.42. The summed E-state index contributed by atoms with van der Waals surface area (Å²) >= 11 is 0. The molecule has 1 aliphatic heterocycles. The molecule has 6 nitrogen and oxygen atoms in total. The molecule has 2 N–H and O–H groups in total. The Morgan fingerprint density at radius 2 is 2.15 bits per heavy atom. The molecule has 1 atom stereocenters. The average Bonchev–Trinajstić information content (AvgIpc) is 2.90. The second-order valence-electron chi connectivity index (χ2n) is 5.18. The Morgan fingerprint density at radius 1 is 1.45 bits per heavy atom. The van der Waals surface area contributed by atoms with E-state index in [4.69, 9.17) is 19.9 Å². The molecule has 0 aliphatic carbocycles. The van der Waals surface area contributed by atoms with Crippen molar-refractivity contribution >= 4 is 0 Å². The summed E-state index contributed by atoms with van der Waals surface area (Å²) in [5.41, 5.74) is 7.05. The zero-order valence-corrected chi connectivity index (χ0v) is 12.6. The maximum absolute atomic E-state index is 6.55. The predicted octanol–water partition coefficient (Wildman–Crippen LogP) is 1.50. The summed E-state index contributed by atoms with van der Waals surface area (Å²) in [5, 5.41) is 4.38. The van der Waals surface area contributed by atoms with Crippen molar-refractivity contribution < 1.29 is 14.2 Å². The van der Waals surface area contributed by atoms with Crippen molar-refractivity contribution in [2.45, 2.75) is 44.4 Å². The van der Waals surface area contributed by atoms with Gasteiger partial charge in [0.1, 0.15) is 5.69 Å². The molecule has 0 aromatic carbocycles. The van der Waals surface area contributed by atoms with Crippen LogP contribution in [0.4, 0.5) is 0 Å². The van der Waals surface area contributed by atoms with Crippen LogP contribution in [0, 0.1) is 0 Å². The van der Waals surface area contributed by atoms with Crippen molar-refractivity contribution in [1.82, 2.24) is 9.78 Å². The van der Waals surface area contributed by atoms with Gasteiger partial charge >= 0.3 is 0 Å². The van der Waals surface area contributed by atoms with Gasteiger partial charge in [0.25, 0.3) is 0 Å². The third-order valence-electron chi connectivity index (χ3n) is 4.11. The standard InChI is InChI=1S/C14H25N3O3/c1-4-7-17-12(11(18-2)10-16-17)13(15)14(19-3)5-8-20-9-6-14/h10,13H,4-9,15H2,1-3H3. The summed E-state index contributed by atoms with van der Waals surface area (Å²) in [6.07, 6.45) is 4.29. The van der Waals surface area contributed by atoms with Crippen molar-refractivity contribution in [1.29, 1.82) is 0 Å². The molecule has 1 saturated heterocycles. The van der Waals surface area contributed by atoms with E-state index < -0.39 is 5.60 Å². The SMILES string of the molecule is CCCn1ncc(OC)c1C(N)C1(OC)CCOCC1. The lowest BCUT2D eigenvalue weighted by Crippen LogP contribution is -2.48. The van der Waals surface area contributed by atoms with Gasteiger partial charge in [-0.05, 0) is 6.42 Å². The smallest absolute Gasteiger partial charge is 0.161 e. The number of ether oxygens (including phenoxy) is 3. The second kappa shape index (κ2) is 6.56. The molecule has 0 saturated carbocycles. The van der Waals surface area contributed by atoms with Crippen molar-refractivity contribution in [3.05, 3.63) is 11.9 Å². The maximum atomic E-state index is 6.55. The fourth-order valence-electron chi connectivity index (χ4n) is 2.85. The minimum atomic E-state index is -0.406. The Hall–Kier alpha value is -1.11. The number of aromatic nitrogens is 2. The molecular formula is C14H25N3O3. The molecule has 0 radical (unpaired) electrons. The van der Waals surface area contributed by atoms with Crippen LogP contribution in [0.15, 0.2) is 6.20 Å². The zero-order chi connectivity index (χ0) is 14.6. The van der Waals surface area contributed by atoms with Crippen molar-refractivity contribution in [3.63, 3.8) is 0 Å². The lowest BCUT2D eigenvalue weighted by Gasteiger charge is -2.40. The van der Waals surface area contributed by atoms with E-state index in [1.165, 1.54) is 0 Å². The predicted molar refractivity (Wildman–Crippen MR) is 75.8 cm³/mol. The Balaban J connectivity index is 2.34. The molecule has 1 fully saturated rings. The Bertz CT molecular complexity index is 427. The van der Waals surface area contributed by atoms with Crippen LogP contribution in [0.1, 0.15) is 37.9 Å². The first-order valence-corrected chi connectivity index (χ1v) is 7.16. The lowest BCUT2D eigenvalue weighted by atomic mass is 9.84. The zero-order valence-electron chi connectivity index (χ0n) is 12.6. The van der Waals surface area contributed by atoms with Crippen LogP contribution in [0.25, 0.3) is 0 Å². The van der Waals surface area contributed by atoms with E-state index in [-0.39, 0.29) is 6.04 Å². The fraction of sp³-hybridized carbons (Fsp3) is 0.786. The number of nitrogens with two attached hydrogens (primary N) is 1. The molecule has 1 aromatic heterocycles. The quantitative estimate of drug-likeness (QED) is 0.856. The topological polar surface area (TPSA) is 71.5 Å². The van der Waals surface area contributed by atoms with Crippen LogP contribution in [-0.2, 0) is 16.0 Å². The van der Waals surface area contributed by atoms with Gasteiger partial charge in [-0.1, -0.05) is 6.92 Å². The van der Waals surface area contributed by atoms with Crippen LogP contribution >= 0.6 is 0 Å². The minimum Gasteiger partial charge on any atom is -0.493 e. The van der Waals surface area contributed by atoms with Crippen LogP contribution < -0.4 is 10.5 Å². The van der Waals surface area contributed by atoms with E-state index in [0.717, 1.165) is 37.3 Å². The van der Waals surface area contributed by atoms with Gasteiger partial charge in [0, 0.05) is 39.7 Å². The Labute approximate surface area is 120 Å². The number of hydrogen-bond donors (Lipinski definition) is 1. The van der Waals surface area contributed by atoms with Crippen molar-refractivity contribution in [3.8, 4) is 5.75 Å². The molecule has 1 unspecified atom stereocenters.